The van der Waals surface area contributed by atoms with E-state index in [9.17, 15) is 19.8 Å². The third-order valence-corrected chi connectivity index (χ3v) is 16.2. The molecule has 0 aliphatic rings. The first-order chi connectivity index (χ1) is 38.0. The average molecular weight is 1080 g/mol. The molecule has 2 atom stereocenters. The van der Waals surface area contributed by atoms with Gasteiger partial charge in [0.25, 0.3) is 0 Å². The Balaban J connectivity index is 3.32. The zero-order valence-corrected chi connectivity index (χ0v) is 52.0. The number of nitrogens with one attached hydrogen (secondary N) is 1. The highest BCUT2D eigenvalue weighted by molar-refractivity contribution is 5.76. The molecule has 454 valence electrons. The van der Waals surface area contributed by atoms with Gasteiger partial charge in [0.1, 0.15) is 0 Å². The van der Waals surface area contributed by atoms with E-state index in [1.54, 1.807) is 6.08 Å². The van der Waals surface area contributed by atoms with Crippen LogP contribution in [0.15, 0.2) is 36.5 Å². The van der Waals surface area contributed by atoms with Gasteiger partial charge < -0.3 is 20.3 Å². The lowest BCUT2D eigenvalue weighted by Crippen LogP contribution is -2.45. The number of amides is 1. The van der Waals surface area contributed by atoms with Gasteiger partial charge in [-0.2, -0.15) is 0 Å². The molecular formula is C71H135NO5. The van der Waals surface area contributed by atoms with E-state index in [1.165, 1.54) is 302 Å². The van der Waals surface area contributed by atoms with Gasteiger partial charge in [-0.3, -0.25) is 9.59 Å². The summed E-state index contributed by atoms with van der Waals surface area (Å²) in [5.41, 5.74) is 0. The third-order valence-electron chi connectivity index (χ3n) is 16.2. The van der Waals surface area contributed by atoms with Crippen molar-refractivity contribution in [3.05, 3.63) is 36.5 Å². The topological polar surface area (TPSA) is 95.9 Å². The second kappa shape index (κ2) is 66.6. The van der Waals surface area contributed by atoms with Crippen LogP contribution in [0.4, 0.5) is 0 Å². The summed E-state index contributed by atoms with van der Waals surface area (Å²) >= 11 is 0. The smallest absolute Gasteiger partial charge is 0.305 e. The molecule has 0 heterocycles. The molecule has 0 aromatic rings. The number of aliphatic hydroxyl groups excluding tert-OH is 2. The lowest BCUT2D eigenvalue weighted by atomic mass is 10.0. The average Bonchev–Trinajstić information content (AvgIpc) is 3.43. The largest absolute Gasteiger partial charge is 0.466 e. The predicted molar refractivity (Wildman–Crippen MR) is 338 cm³/mol. The standard InChI is InChI=1S/C71H135NO5/c1-3-5-7-9-11-13-15-17-41-45-49-53-57-61-65-71(76)77-66-62-58-54-50-46-42-38-36-34-32-30-28-26-24-22-20-18-19-21-23-25-27-29-31-33-35-37-40-44-48-52-56-60-64-70(75)72-68(67-73)69(74)63-59-55-51-47-43-39-16-14-12-10-8-6-4-2/h9,11,15,17,59,63,68-69,73-74H,3-8,10,12-14,16,18-58,60-62,64-67H2,1-2H3,(H,72,75)/b11-9-,17-15-,63-59+. The van der Waals surface area contributed by atoms with E-state index in [4.69, 9.17) is 4.74 Å². The number of ether oxygens (including phenoxy) is 1. The van der Waals surface area contributed by atoms with Crippen molar-refractivity contribution in [3.63, 3.8) is 0 Å². The molecule has 0 aliphatic carbocycles. The third kappa shape index (κ3) is 63.1. The maximum Gasteiger partial charge on any atom is 0.305 e. The van der Waals surface area contributed by atoms with E-state index < -0.39 is 12.1 Å². The molecule has 0 aromatic heterocycles. The molecule has 2 unspecified atom stereocenters. The summed E-state index contributed by atoms with van der Waals surface area (Å²) < 4.78 is 5.48. The quantitative estimate of drug-likeness (QED) is 0.0320. The van der Waals surface area contributed by atoms with Gasteiger partial charge in [-0.05, 0) is 57.8 Å². The number of carbonyl (C=O) groups excluding carboxylic acids is 2. The van der Waals surface area contributed by atoms with Crippen LogP contribution in [-0.2, 0) is 14.3 Å². The molecule has 0 spiro atoms. The summed E-state index contributed by atoms with van der Waals surface area (Å²) in [6.45, 7) is 4.88. The first-order valence-electron chi connectivity index (χ1n) is 34.8. The van der Waals surface area contributed by atoms with Crippen LogP contribution in [0.3, 0.4) is 0 Å². The highest BCUT2D eigenvalue weighted by atomic mass is 16.5. The molecule has 0 radical (unpaired) electrons. The molecule has 6 nitrogen and oxygen atoms in total. The summed E-state index contributed by atoms with van der Waals surface area (Å²) in [5.74, 6) is -0.0551. The maximum absolute atomic E-state index is 12.5. The summed E-state index contributed by atoms with van der Waals surface area (Å²) in [6, 6.07) is -0.623. The van der Waals surface area contributed by atoms with E-state index in [1.807, 2.05) is 6.08 Å². The second-order valence-corrected chi connectivity index (χ2v) is 23.9. The van der Waals surface area contributed by atoms with Crippen molar-refractivity contribution in [1.82, 2.24) is 5.32 Å². The SMILES string of the molecule is CCCC/C=C\C/C=C\CCCCCCCC(=O)OCCCCCCCCCCCCCCCCCCCCCCCCCCCCCCCCCCCC(=O)NC(CO)C(O)/C=C/CCCCCCCCCCCCC. The van der Waals surface area contributed by atoms with Crippen LogP contribution in [0.5, 0.6) is 0 Å². The molecule has 0 rings (SSSR count). The number of esters is 1. The van der Waals surface area contributed by atoms with Crippen LogP contribution in [-0.4, -0.2) is 47.4 Å². The summed E-state index contributed by atoms with van der Waals surface area (Å²) in [4.78, 5) is 24.5. The molecule has 0 saturated heterocycles. The fraction of sp³-hybridized carbons (Fsp3) is 0.887. The van der Waals surface area contributed by atoms with Crippen molar-refractivity contribution in [2.24, 2.45) is 0 Å². The van der Waals surface area contributed by atoms with Crippen LogP contribution in [0.25, 0.3) is 0 Å². The first-order valence-corrected chi connectivity index (χ1v) is 34.8. The van der Waals surface area contributed by atoms with Gasteiger partial charge in [0, 0.05) is 12.8 Å². The molecule has 1 amide bonds. The molecule has 77 heavy (non-hydrogen) atoms. The van der Waals surface area contributed by atoms with Crippen LogP contribution in [0.1, 0.15) is 380 Å². The number of allylic oxidation sites excluding steroid dienone is 5. The Hall–Kier alpha value is -1.92. The van der Waals surface area contributed by atoms with E-state index in [-0.39, 0.29) is 18.5 Å². The minimum Gasteiger partial charge on any atom is -0.466 e. The van der Waals surface area contributed by atoms with Crippen molar-refractivity contribution < 1.29 is 24.5 Å². The normalized spacial score (nSPS) is 12.7. The van der Waals surface area contributed by atoms with E-state index in [2.05, 4.69) is 43.5 Å². The molecule has 0 saturated carbocycles. The fourth-order valence-corrected chi connectivity index (χ4v) is 10.8. The number of hydrogen-bond donors (Lipinski definition) is 3. The number of carbonyl (C=O) groups is 2. The van der Waals surface area contributed by atoms with Crippen LogP contribution in [0.2, 0.25) is 0 Å². The van der Waals surface area contributed by atoms with Crippen LogP contribution < -0.4 is 5.32 Å². The van der Waals surface area contributed by atoms with Gasteiger partial charge in [0.05, 0.1) is 25.4 Å². The Kier molecular flexibility index (Phi) is 64.9. The van der Waals surface area contributed by atoms with E-state index >= 15 is 0 Å². The Morgan fingerprint density at radius 1 is 0.364 bits per heavy atom. The molecular weight excluding hydrogens is 947 g/mol. The van der Waals surface area contributed by atoms with Crippen LogP contribution in [0, 0.1) is 0 Å². The summed E-state index contributed by atoms with van der Waals surface area (Å²) in [5, 5.41) is 23.1. The van der Waals surface area contributed by atoms with Crippen molar-refractivity contribution in [2.45, 2.75) is 392 Å². The minimum absolute atomic E-state index is 0.00690. The zero-order valence-electron chi connectivity index (χ0n) is 52.0. The zero-order chi connectivity index (χ0) is 55.7. The van der Waals surface area contributed by atoms with Crippen molar-refractivity contribution in [1.29, 1.82) is 0 Å². The maximum atomic E-state index is 12.5. The van der Waals surface area contributed by atoms with Crippen LogP contribution >= 0.6 is 0 Å². The monoisotopic (exact) mass is 1080 g/mol. The molecule has 3 N–H and O–H groups in total. The Bertz CT molecular complexity index is 1250. The number of unbranched alkanes of at least 4 members (excludes halogenated alkanes) is 50. The number of rotatable bonds is 65. The van der Waals surface area contributed by atoms with Gasteiger partial charge in [0.2, 0.25) is 5.91 Å². The highest BCUT2D eigenvalue weighted by Crippen LogP contribution is 2.19. The van der Waals surface area contributed by atoms with Gasteiger partial charge in [-0.1, -0.05) is 346 Å². The predicted octanol–water partition coefficient (Wildman–Crippen LogP) is 22.3. The van der Waals surface area contributed by atoms with Gasteiger partial charge >= 0.3 is 5.97 Å². The first kappa shape index (κ1) is 75.1. The van der Waals surface area contributed by atoms with Crippen molar-refractivity contribution in [3.8, 4) is 0 Å². The Morgan fingerprint density at radius 3 is 1.03 bits per heavy atom. The molecule has 0 bridgehead atoms. The van der Waals surface area contributed by atoms with Gasteiger partial charge in [-0.25, -0.2) is 0 Å². The number of hydrogen-bond acceptors (Lipinski definition) is 5. The van der Waals surface area contributed by atoms with E-state index in [0.29, 0.717) is 19.4 Å². The lowest BCUT2D eigenvalue weighted by molar-refractivity contribution is -0.143. The molecule has 0 fully saturated rings. The molecule has 0 aromatic carbocycles. The molecule has 0 aliphatic heterocycles. The fourth-order valence-electron chi connectivity index (χ4n) is 10.8. The van der Waals surface area contributed by atoms with E-state index in [0.717, 1.165) is 51.4 Å². The highest BCUT2D eigenvalue weighted by Gasteiger charge is 2.18. The van der Waals surface area contributed by atoms with Crippen molar-refractivity contribution >= 4 is 11.9 Å². The Labute approximate surface area is 481 Å². The Morgan fingerprint density at radius 2 is 0.662 bits per heavy atom. The second-order valence-electron chi connectivity index (χ2n) is 23.9. The van der Waals surface area contributed by atoms with Gasteiger partial charge in [-0.15, -0.1) is 0 Å². The van der Waals surface area contributed by atoms with Crippen molar-refractivity contribution in [2.75, 3.05) is 13.2 Å². The minimum atomic E-state index is -0.840. The number of aliphatic hydroxyl groups is 2. The summed E-state index contributed by atoms with van der Waals surface area (Å²) in [7, 11) is 0. The lowest BCUT2D eigenvalue weighted by Gasteiger charge is -2.20. The summed E-state index contributed by atoms with van der Waals surface area (Å²) in [6.07, 6.45) is 85.2. The molecule has 6 heteroatoms. The van der Waals surface area contributed by atoms with Gasteiger partial charge in [0.15, 0.2) is 0 Å².